The van der Waals surface area contributed by atoms with Crippen LogP contribution in [0, 0.1) is 6.92 Å². The van der Waals surface area contributed by atoms with Gasteiger partial charge >= 0.3 is 5.97 Å². The van der Waals surface area contributed by atoms with Crippen molar-refractivity contribution in [2.24, 2.45) is 0 Å². The van der Waals surface area contributed by atoms with E-state index in [-0.39, 0.29) is 0 Å². The Hall–Kier alpha value is -1.51. The van der Waals surface area contributed by atoms with Crippen molar-refractivity contribution < 1.29 is 14.6 Å². The van der Waals surface area contributed by atoms with Gasteiger partial charge in [-0.05, 0) is 31.4 Å². The fourth-order valence-corrected chi connectivity index (χ4v) is 1.81. The first-order valence-electron chi connectivity index (χ1n) is 4.68. The van der Waals surface area contributed by atoms with Crippen LogP contribution in [0.25, 0.3) is 0 Å². The van der Waals surface area contributed by atoms with Crippen molar-refractivity contribution in [3.63, 3.8) is 0 Å². The number of fused-ring (bicyclic) bond motifs is 1. The second-order valence-corrected chi connectivity index (χ2v) is 3.48. The summed E-state index contributed by atoms with van der Waals surface area (Å²) >= 11 is 0. The molecule has 0 atom stereocenters. The lowest BCUT2D eigenvalue weighted by molar-refractivity contribution is 0.0695. The molecule has 0 fully saturated rings. The van der Waals surface area contributed by atoms with Crippen LogP contribution in [0.1, 0.15) is 27.9 Å². The van der Waals surface area contributed by atoms with Crippen LogP contribution in [0.4, 0.5) is 0 Å². The van der Waals surface area contributed by atoms with E-state index in [2.05, 4.69) is 0 Å². The van der Waals surface area contributed by atoms with Crippen LogP contribution in [0.5, 0.6) is 5.75 Å². The lowest BCUT2D eigenvalue weighted by Gasteiger charge is -2.20. The average molecular weight is 192 g/mol. The average Bonchev–Trinajstić information content (AvgIpc) is 2.18. The summed E-state index contributed by atoms with van der Waals surface area (Å²) in [5.74, 6) is -0.115. The van der Waals surface area contributed by atoms with E-state index < -0.39 is 5.97 Å². The lowest BCUT2D eigenvalue weighted by Crippen LogP contribution is -2.12. The maximum Gasteiger partial charge on any atom is 0.336 e. The lowest BCUT2D eigenvalue weighted by atomic mass is 9.99. The van der Waals surface area contributed by atoms with E-state index in [1.807, 2.05) is 6.07 Å². The molecule has 74 valence electrons. The molecule has 0 amide bonds. The molecule has 2 rings (SSSR count). The Morgan fingerprint density at radius 3 is 3.00 bits per heavy atom. The first-order chi connectivity index (χ1) is 6.70. The Kier molecular flexibility index (Phi) is 2.15. The van der Waals surface area contributed by atoms with Gasteiger partial charge in [0.05, 0.1) is 12.2 Å². The van der Waals surface area contributed by atoms with Crippen molar-refractivity contribution in [2.75, 3.05) is 6.61 Å². The number of carbonyl (C=O) groups is 1. The summed E-state index contributed by atoms with van der Waals surface area (Å²) in [6.45, 7) is 2.49. The highest BCUT2D eigenvalue weighted by Gasteiger charge is 2.17. The quantitative estimate of drug-likeness (QED) is 0.740. The fraction of sp³-hybridized carbons (Fsp3) is 0.364. The van der Waals surface area contributed by atoms with Gasteiger partial charge in [-0.1, -0.05) is 6.07 Å². The molecule has 0 unspecified atom stereocenters. The molecule has 0 saturated heterocycles. The molecule has 0 aliphatic carbocycles. The van der Waals surface area contributed by atoms with Gasteiger partial charge in [0, 0.05) is 5.56 Å². The van der Waals surface area contributed by atoms with E-state index in [0.717, 1.165) is 29.7 Å². The van der Waals surface area contributed by atoms with Gasteiger partial charge in [0.2, 0.25) is 0 Å². The standard InChI is InChI=1S/C11H12O3/c1-7-9(11(12)13)5-4-8-3-2-6-14-10(7)8/h4-5H,2-3,6H2,1H3,(H,12,13). The predicted octanol–water partition coefficient (Wildman–Crippen LogP) is 2.02. The number of aryl methyl sites for hydroxylation is 1. The minimum Gasteiger partial charge on any atom is -0.493 e. The largest absolute Gasteiger partial charge is 0.493 e. The van der Waals surface area contributed by atoms with Crippen molar-refractivity contribution in [1.29, 1.82) is 0 Å². The van der Waals surface area contributed by atoms with Crippen LogP contribution < -0.4 is 4.74 Å². The molecule has 1 heterocycles. The molecule has 0 radical (unpaired) electrons. The monoisotopic (exact) mass is 192 g/mol. The summed E-state index contributed by atoms with van der Waals surface area (Å²) in [4.78, 5) is 10.9. The molecule has 3 heteroatoms. The maximum absolute atomic E-state index is 10.9. The fourth-order valence-electron chi connectivity index (χ4n) is 1.81. The smallest absolute Gasteiger partial charge is 0.336 e. The maximum atomic E-state index is 10.9. The molecule has 3 nitrogen and oxygen atoms in total. The molecule has 1 aromatic carbocycles. The summed E-state index contributed by atoms with van der Waals surface area (Å²) < 4.78 is 5.48. The second kappa shape index (κ2) is 3.33. The van der Waals surface area contributed by atoms with Gasteiger partial charge in [0.25, 0.3) is 0 Å². The number of ether oxygens (including phenoxy) is 1. The van der Waals surface area contributed by atoms with Gasteiger partial charge < -0.3 is 9.84 Å². The molecular weight excluding hydrogens is 180 g/mol. The molecule has 1 aromatic rings. The molecular formula is C11H12O3. The number of rotatable bonds is 1. The third-order valence-electron chi connectivity index (χ3n) is 2.55. The minimum absolute atomic E-state index is 0.339. The Morgan fingerprint density at radius 2 is 2.29 bits per heavy atom. The molecule has 0 aromatic heterocycles. The highest BCUT2D eigenvalue weighted by molar-refractivity contribution is 5.90. The first kappa shape index (κ1) is 9.06. The van der Waals surface area contributed by atoms with E-state index in [0.29, 0.717) is 12.2 Å². The summed E-state index contributed by atoms with van der Waals surface area (Å²) in [5, 5.41) is 8.91. The van der Waals surface area contributed by atoms with Crippen molar-refractivity contribution in [3.8, 4) is 5.75 Å². The Labute approximate surface area is 82.3 Å². The van der Waals surface area contributed by atoms with Crippen LogP contribution >= 0.6 is 0 Å². The van der Waals surface area contributed by atoms with Crippen molar-refractivity contribution in [1.82, 2.24) is 0 Å². The molecule has 0 spiro atoms. The van der Waals surface area contributed by atoms with Gasteiger partial charge in [0.15, 0.2) is 0 Å². The van der Waals surface area contributed by atoms with Crippen molar-refractivity contribution >= 4 is 5.97 Å². The number of carboxylic acids is 1. The SMILES string of the molecule is Cc1c(C(=O)O)ccc2c1OCCC2. The highest BCUT2D eigenvalue weighted by Crippen LogP contribution is 2.30. The van der Waals surface area contributed by atoms with Crippen molar-refractivity contribution in [2.45, 2.75) is 19.8 Å². The molecule has 1 N–H and O–H groups in total. The van der Waals surface area contributed by atoms with E-state index >= 15 is 0 Å². The molecule has 0 bridgehead atoms. The summed E-state index contributed by atoms with van der Waals surface area (Å²) in [5.41, 5.74) is 2.21. The normalized spacial score (nSPS) is 14.4. The third-order valence-corrected chi connectivity index (χ3v) is 2.55. The molecule has 0 saturated carbocycles. The van der Waals surface area contributed by atoms with Crippen LogP contribution in [0.3, 0.4) is 0 Å². The topological polar surface area (TPSA) is 46.5 Å². The molecule has 1 aliphatic rings. The minimum atomic E-state index is -0.889. The van der Waals surface area contributed by atoms with Crippen LogP contribution in [-0.2, 0) is 6.42 Å². The zero-order valence-electron chi connectivity index (χ0n) is 8.04. The van der Waals surface area contributed by atoms with E-state index in [1.54, 1.807) is 13.0 Å². The van der Waals surface area contributed by atoms with Gasteiger partial charge in [0.1, 0.15) is 5.75 Å². The summed E-state index contributed by atoms with van der Waals surface area (Å²) in [6, 6.07) is 3.51. The Balaban J connectivity index is 2.54. The Morgan fingerprint density at radius 1 is 1.50 bits per heavy atom. The van der Waals surface area contributed by atoms with Crippen LogP contribution in [0.15, 0.2) is 12.1 Å². The number of carboxylic acid groups (broad SMARTS) is 1. The van der Waals surface area contributed by atoms with Gasteiger partial charge in [-0.15, -0.1) is 0 Å². The molecule has 14 heavy (non-hydrogen) atoms. The zero-order valence-corrected chi connectivity index (χ0v) is 8.04. The summed E-state index contributed by atoms with van der Waals surface area (Å²) in [7, 11) is 0. The molecule has 1 aliphatic heterocycles. The number of hydrogen-bond acceptors (Lipinski definition) is 2. The number of aromatic carboxylic acids is 1. The highest BCUT2D eigenvalue weighted by atomic mass is 16.5. The van der Waals surface area contributed by atoms with Gasteiger partial charge in [-0.25, -0.2) is 4.79 Å². The van der Waals surface area contributed by atoms with E-state index in [9.17, 15) is 4.79 Å². The Bertz CT molecular complexity index is 382. The number of hydrogen-bond donors (Lipinski definition) is 1. The predicted molar refractivity (Wildman–Crippen MR) is 52.0 cm³/mol. The van der Waals surface area contributed by atoms with E-state index in [1.165, 1.54) is 0 Å². The van der Waals surface area contributed by atoms with Crippen LogP contribution in [0.2, 0.25) is 0 Å². The van der Waals surface area contributed by atoms with Gasteiger partial charge in [-0.2, -0.15) is 0 Å². The zero-order chi connectivity index (χ0) is 10.1. The van der Waals surface area contributed by atoms with Crippen molar-refractivity contribution in [3.05, 3.63) is 28.8 Å². The first-order valence-corrected chi connectivity index (χ1v) is 4.68. The second-order valence-electron chi connectivity index (χ2n) is 3.48. The number of benzene rings is 1. The summed E-state index contributed by atoms with van der Waals surface area (Å²) in [6.07, 6.45) is 1.99. The third kappa shape index (κ3) is 1.35. The van der Waals surface area contributed by atoms with Gasteiger partial charge in [-0.3, -0.25) is 0 Å². The van der Waals surface area contributed by atoms with Crippen LogP contribution in [-0.4, -0.2) is 17.7 Å². The van der Waals surface area contributed by atoms with E-state index in [4.69, 9.17) is 9.84 Å².